The second-order valence-corrected chi connectivity index (χ2v) is 3.89. The Morgan fingerprint density at radius 2 is 1.21 bits per heavy atom. The Balaban J connectivity index is 2.24. The lowest BCUT2D eigenvalue weighted by molar-refractivity contribution is -0.106. The Bertz CT molecular complexity index is 133. The average Bonchev–Trinajstić information content (AvgIpc) is 2.11. The van der Waals surface area contributed by atoms with Crippen LogP contribution in [0.3, 0.4) is 0 Å². The van der Waals surface area contributed by atoms with E-state index in [4.69, 9.17) is 18.9 Å². The van der Waals surface area contributed by atoms with Gasteiger partial charge in [0, 0.05) is 0 Å². The van der Waals surface area contributed by atoms with Crippen molar-refractivity contribution in [2.75, 3.05) is 46.2 Å². The molecule has 4 heteroatoms. The van der Waals surface area contributed by atoms with E-state index in [-0.39, 0.29) is 5.60 Å². The molecule has 84 valence electrons. The molecular weight excluding hydrogens is 184 g/mol. The summed E-state index contributed by atoms with van der Waals surface area (Å²) < 4.78 is 21.6. The Labute approximate surface area is 85.5 Å². The zero-order valence-corrected chi connectivity index (χ0v) is 9.08. The molecule has 1 rings (SSSR count). The van der Waals surface area contributed by atoms with E-state index >= 15 is 0 Å². The normalized spacial score (nSPS) is 26.1. The van der Waals surface area contributed by atoms with Crippen LogP contribution in [0.25, 0.3) is 0 Å². The lowest BCUT2D eigenvalue weighted by Gasteiger charge is -2.25. The quantitative estimate of drug-likeness (QED) is 0.586. The van der Waals surface area contributed by atoms with Gasteiger partial charge in [0.05, 0.1) is 51.8 Å². The fourth-order valence-electron chi connectivity index (χ4n) is 1.18. The molecule has 0 N–H and O–H groups in total. The first kappa shape index (κ1) is 11.9. The number of ether oxygens (including phenoxy) is 4. The van der Waals surface area contributed by atoms with Gasteiger partial charge in [-0.2, -0.15) is 0 Å². The van der Waals surface area contributed by atoms with Crippen LogP contribution in [0.15, 0.2) is 0 Å². The van der Waals surface area contributed by atoms with Crippen molar-refractivity contribution in [1.29, 1.82) is 0 Å². The topological polar surface area (TPSA) is 36.9 Å². The molecule has 0 aromatic rings. The first-order valence-corrected chi connectivity index (χ1v) is 5.08. The maximum atomic E-state index is 5.61. The predicted octanol–water partition coefficient (Wildman–Crippen LogP) is 0.845. The molecule has 4 nitrogen and oxygen atoms in total. The Kier molecular flexibility index (Phi) is 5.40. The highest BCUT2D eigenvalue weighted by atomic mass is 16.6. The first-order chi connectivity index (χ1) is 6.71. The second kappa shape index (κ2) is 6.35. The molecule has 0 radical (unpaired) electrons. The summed E-state index contributed by atoms with van der Waals surface area (Å²) in [4.78, 5) is 0. The van der Waals surface area contributed by atoms with E-state index < -0.39 is 0 Å². The molecular formula is C10H20O4. The van der Waals surface area contributed by atoms with Crippen LogP contribution in [0.5, 0.6) is 0 Å². The van der Waals surface area contributed by atoms with Crippen LogP contribution in [-0.2, 0) is 18.9 Å². The summed E-state index contributed by atoms with van der Waals surface area (Å²) in [5.41, 5.74) is -0.234. The largest absolute Gasteiger partial charge is 0.377 e. The molecule has 1 aliphatic heterocycles. The van der Waals surface area contributed by atoms with E-state index in [1.807, 2.05) is 13.8 Å². The van der Waals surface area contributed by atoms with Gasteiger partial charge < -0.3 is 18.9 Å². The molecule has 0 aliphatic carbocycles. The van der Waals surface area contributed by atoms with E-state index in [0.717, 1.165) is 0 Å². The molecule has 1 saturated heterocycles. The highest BCUT2D eigenvalue weighted by Crippen LogP contribution is 2.09. The second-order valence-electron chi connectivity index (χ2n) is 3.89. The third kappa shape index (κ3) is 5.54. The van der Waals surface area contributed by atoms with Crippen molar-refractivity contribution >= 4 is 0 Å². The Hall–Kier alpha value is -0.160. The van der Waals surface area contributed by atoms with Gasteiger partial charge in [0.1, 0.15) is 0 Å². The zero-order valence-electron chi connectivity index (χ0n) is 9.08. The summed E-state index contributed by atoms with van der Waals surface area (Å²) in [6.45, 7) is 8.35. The average molecular weight is 204 g/mol. The summed E-state index contributed by atoms with van der Waals surface area (Å²) >= 11 is 0. The Morgan fingerprint density at radius 3 is 1.86 bits per heavy atom. The molecule has 1 aliphatic rings. The molecule has 0 unspecified atom stereocenters. The molecule has 14 heavy (non-hydrogen) atoms. The molecule has 0 amide bonds. The molecule has 0 aromatic carbocycles. The van der Waals surface area contributed by atoms with Crippen molar-refractivity contribution in [2.24, 2.45) is 0 Å². The fraction of sp³-hybridized carbons (Fsp3) is 1.00. The van der Waals surface area contributed by atoms with Crippen LogP contribution in [0, 0.1) is 0 Å². The molecule has 0 atom stereocenters. The van der Waals surface area contributed by atoms with E-state index in [0.29, 0.717) is 46.2 Å². The van der Waals surface area contributed by atoms with Gasteiger partial charge in [0.15, 0.2) is 0 Å². The van der Waals surface area contributed by atoms with Crippen molar-refractivity contribution < 1.29 is 18.9 Å². The molecule has 0 bridgehead atoms. The minimum absolute atomic E-state index is 0.234. The third-order valence-corrected chi connectivity index (χ3v) is 1.91. The maximum absolute atomic E-state index is 5.61. The predicted molar refractivity (Wildman–Crippen MR) is 52.5 cm³/mol. The van der Waals surface area contributed by atoms with Crippen molar-refractivity contribution in [3.63, 3.8) is 0 Å². The van der Waals surface area contributed by atoms with Crippen LogP contribution < -0.4 is 0 Å². The van der Waals surface area contributed by atoms with Gasteiger partial charge in [-0.3, -0.25) is 0 Å². The van der Waals surface area contributed by atoms with Gasteiger partial charge in [-0.05, 0) is 13.8 Å². The highest BCUT2D eigenvalue weighted by Gasteiger charge is 2.18. The van der Waals surface area contributed by atoms with E-state index in [1.165, 1.54) is 0 Å². The minimum Gasteiger partial charge on any atom is -0.377 e. The highest BCUT2D eigenvalue weighted by molar-refractivity contribution is 4.67. The van der Waals surface area contributed by atoms with Gasteiger partial charge in [-0.25, -0.2) is 0 Å². The lowest BCUT2D eigenvalue weighted by Crippen LogP contribution is -2.33. The van der Waals surface area contributed by atoms with Crippen molar-refractivity contribution in [3.8, 4) is 0 Å². The van der Waals surface area contributed by atoms with E-state index in [1.54, 1.807) is 0 Å². The van der Waals surface area contributed by atoms with E-state index in [2.05, 4.69) is 0 Å². The molecule has 1 fully saturated rings. The summed E-state index contributed by atoms with van der Waals surface area (Å²) in [7, 11) is 0. The molecule has 0 spiro atoms. The van der Waals surface area contributed by atoms with Crippen LogP contribution in [0.2, 0.25) is 0 Å². The Morgan fingerprint density at radius 1 is 0.714 bits per heavy atom. The lowest BCUT2D eigenvalue weighted by atomic mass is 10.1. The molecule has 1 heterocycles. The van der Waals surface area contributed by atoms with Crippen LogP contribution >= 0.6 is 0 Å². The number of hydrogen-bond acceptors (Lipinski definition) is 4. The minimum atomic E-state index is -0.234. The van der Waals surface area contributed by atoms with Gasteiger partial charge in [0.25, 0.3) is 0 Å². The number of rotatable bonds is 0. The molecule has 0 saturated carbocycles. The fourth-order valence-corrected chi connectivity index (χ4v) is 1.18. The van der Waals surface area contributed by atoms with Crippen LogP contribution in [-0.4, -0.2) is 51.8 Å². The smallest absolute Gasteiger partial charge is 0.0860 e. The van der Waals surface area contributed by atoms with Gasteiger partial charge in [-0.15, -0.1) is 0 Å². The summed E-state index contributed by atoms with van der Waals surface area (Å²) in [6.07, 6.45) is 0. The van der Waals surface area contributed by atoms with Gasteiger partial charge in [-0.1, -0.05) is 0 Å². The SMILES string of the molecule is CC1(C)COCCOCCOCCO1. The van der Waals surface area contributed by atoms with Crippen molar-refractivity contribution in [2.45, 2.75) is 19.4 Å². The van der Waals surface area contributed by atoms with Crippen molar-refractivity contribution in [1.82, 2.24) is 0 Å². The summed E-state index contributed by atoms with van der Waals surface area (Å²) in [6, 6.07) is 0. The third-order valence-electron chi connectivity index (χ3n) is 1.91. The van der Waals surface area contributed by atoms with Crippen LogP contribution in [0.1, 0.15) is 13.8 Å². The van der Waals surface area contributed by atoms with Gasteiger partial charge in [0.2, 0.25) is 0 Å². The number of hydrogen-bond donors (Lipinski definition) is 0. The van der Waals surface area contributed by atoms with Crippen molar-refractivity contribution in [3.05, 3.63) is 0 Å². The monoisotopic (exact) mass is 204 g/mol. The van der Waals surface area contributed by atoms with Crippen LogP contribution in [0.4, 0.5) is 0 Å². The maximum Gasteiger partial charge on any atom is 0.0860 e. The van der Waals surface area contributed by atoms with Gasteiger partial charge >= 0.3 is 0 Å². The first-order valence-electron chi connectivity index (χ1n) is 5.08. The standard InChI is InChI=1S/C10H20O4/c1-10(2)9-13-6-5-11-3-4-12-7-8-14-10/h3-9H2,1-2H3. The molecule has 0 aromatic heterocycles. The summed E-state index contributed by atoms with van der Waals surface area (Å²) in [5, 5.41) is 0. The summed E-state index contributed by atoms with van der Waals surface area (Å²) in [5.74, 6) is 0. The zero-order chi connectivity index (χ0) is 10.3. The van der Waals surface area contributed by atoms with E-state index in [9.17, 15) is 0 Å².